The standard InChI is InChI=1S/C34H38N6O4.3C2HF3O2/c41-31(13-19-39-15-1-2-16-39)35-25-9-11-27-29(21-25)38-30-22-26(36-32(42)14-20-40-17-3-4-18-40)10-12-28(30)33(27)37-24-7-5-23(6-8-24)34(43)44;3*3-2(4,5)1(6)7/h5-12,21-22H,1-4,13-20H2,(H,35,41)(H,36,42)(H,37,38)(H,43,44);3*(H,6,7). The van der Waals surface area contributed by atoms with Crippen LogP contribution in [0.2, 0.25) is 0 Å². The van der Waals surface area contributed by atoms with Gasteiger partial charge in [-0.25, -0.2) is 24.2 Å². The van der Waals surface area contributed by atoms with Gasteiger partial charge in [-0.3, -0.25) is 9.59 Å². The van der Waals surface area contributed by atoms with Crippen molar-refractivity contribution in [2.45, 2.75) is 57.1 Å². The normalized spacial score (nSPS) is 14.2. The molecule has 2 fully saturated rings. The molecular formula is C40H41F9N6O10. The second-order valence-corrected chi connectivity index (χ2v) is 14.1. The minimum Gasteiger partial charge on any atom is -0.478 e. The Balaban J connectivity index is 0.000000443. The number of nitrogens with zero attached hydrogens (tertiary/aromatic N) is 3. The molecule has 2 aliphatic heterocycles. The number of carboxylic acids is 4. The summed E-state index contributed by atoms with van der Waals surface area (Å²) in [4.78, 5) is 73.1. The molecule has 354 valence electrons. The number of benzene rings is 3. The number of rotatable bonds is 11. The van der Waals surface area contributed by atoms with E-state index in [0.29, 0.717) is 35.2 Å². The number of amides is 2. The number of alkyl halides is 9. The lowest BCUT2D eigenvalue weighted by Gasteiger charge is -2.16. The van der Waals surface area contributed by atoms with Gasteiger partial charge in [-0.1, -0.05) is 0 Å². The highest BCUT2D eigenvalue weighted by Gasteiger charge is 2.39. The lowest BCUT2D eigenvalue weighted by Crippen LogP contribution is -2.25. The average Bonchev–Trinajstić information content (AvgIpc) is 3.94. The van der Waals surface area contributed by atoms with Crippen molar-refractivity contribution >= 4 is 80.2 Å². The van der Waals surface area contributed by atoms with E-state index in [-0.39, 0.29) is 17.4 Å². The van der Waals surface area contributed by atoms with Crippen molar-refractivity contribution in [1.82, 2.24) is 14.8 Å². The van der Waals surface area contributed by atoms with Gasteiger partial charge in [-0.2, -0.15) is 39.5 Å². The quantitative estimate of drug-likeness (QED) is 0.0567. The van der Waals surface area contributed by atoms with E-state index in [1.807, 2.05) is 36.4 Å². The van der Waals surface area contributed by atoms with E-state index in [1.165, 1.54) is 25.7 Å². The fourth-order valence-electron chi connectivity index (χ4n) is 6.06. The van der Waals surface area contributed by atoms with E-state index in [0.717, 1.165) is 61.4 Å². The van der Waals surface area contributed by atoms with Crippen LogP contribution < -0.4 is 16.0 Å². The van der Waals surface area contributed by atoms with E-state index in [9.17, 15) is 59.0 Å². The van der Waals surface area contributed by atoms with Crippen molar-refractivity contribution in [2.75, 3.05) is 55.2 Å². The maximum absolute atomic E-state index is 12.7. The zero-order valence-corrected chi connectivity index (χ0v) is 33.7. The van der Waals surface area contributed by atoms with Crippen LogP contribution in [0.1, 0.15) is 48.9 Å². The van der Waals surface area contributed by atoms with E-state index < -0.39 is 42.4 Å². The fraction of sp³-hybridized carbons (Fsp3) is 0.375. The molecule has 3 aromatic carbocycles. The molecule has 0 spiro atoms. The number of halogens is 9. The van der Waals surface area contributed by atoms with Gasteiger partial charge in [-0.05, 0) is 113 Å². The number of fused-ring (bicyclic) bond motifs is 2. The number of likely N-dealkylation sites (tertiary alicyclic amines) is 2. The molecule has 4 aromatic rings. The Labute approximate surface area is 362 Å². The topological polar surface area (TPSA) is 239 Å². The Bertz CT molecular complexity index is 2160. The summed E-state index contributed by atoms with van der Waals surface area (Å²) in [5.41, 5.74) is 4.41. The summed E-state index contributed by atoms with van der Waals surface area (Å²) in [6.07, 6.45) is -9.62. The van der Waals surface area contributed by atoms with Crippen LogP contribution in [-0.4, -0.2) is 129 Å². The number of aromatic carboxylic acids is 1. The van der Waals surface area contributed by atoms with Crippen LogP contribution in [0.25, 0.3) is 21.8 Å². The maximum atomic E-state index is 12.7. The van der Waals surface area contributed by atoms with Gasteiger partial charge in [0.15, 0.2) is 0 Å². The van der Waals surface area contributed by atoms with Crippen LogP contribution in [-0.2, 0) is 24.0 Å². The SMILES string of the molecule is O=C(CCN1CCCC1)Nc1ccc2c(Nc3ccc(C(=O)O)cc3)c3ccc(NC(=O)CCN4CCCC4)cc3nc2c1.O=C(O)C(F)(F)F.O=C(O)C(F)(F)F.O=C(O)C(F)(F)F. The molecule has 3 heterocycles. The van der Waals surface area contributed by atoms with Crippen molar-refractivity contribution in [2.24, 2.45) is 0 Å². The number of carbonyl (C=O) groups is 6. The number of anilines is 4. The number of hydrogen-bond donors (Lipinski definition) is 7. The summed E-state index contributed by atoms with van der Waals surface area (Å²) in [6, 6.07) is 17.9. The van der Waals surface area contributed by atoms with Crippen LogP contribution in [0.15, 0.2) is 60.7 Å². The predicted molar refractivity (Wildman–Crippen MR) is 215 cm³/mol. The van der Waals surface area contributed by atoms with Gasteiger partial charge in [-0.15, -0.1) is 0 Å². The van der Waals surface area contributed by atoms with E-state index in [4.69, 9.17) is 34.7 Å². The lowest BCUT2D eigenvalue weighted by atomic mass is 10.1. The molecule has 25 heteroatoms. The first kappa shape index (κ1) is 52.6. The molecular weight excluding hydrogens is 895 g/mol. The molecule has 0 saturated carbocycles. The number of carboxylic acid groups (broad SMARTS) is 4. The zero-order valence-electron chi connectivity index (χ0n) is 33.7. The fourth-order valence-corrected chi connectivity index (χ4v) is 6.06. The third-order valence-electron chi connectivity index (χ3n) is 9.18. The first-order valence-electron chi connectivity index (χ1n) is 19.2. The highest BCUT2D eigenvalue weighted by Crippen LogP contribution is 2.36. The molecule has 0 bridgehead atoms. The molecule has 0 aliphatic carbocycles. The smallest absolute Gasteiger partial charge is 0.478 e. The van der Waals surface area contributed by atoms with E-state index in [1.54, 1.807) is 24.3 Å². The second-order valence-electron chi connectivity index (χ2n) is 14.1. The third kappa shape index (κ3) is 17.7. The minimum absolute atomic E-state index is 0.0344. The molecule has 0 radical (unpaired) electrons. The largest absolute Gasteiger partial charge is 0.490 e. The number of hydrogen-bond acceptors (Lipinski definition) is 10. The molecule has 2 amide bonds. The first-order valence-corrected chi connectivity index (χ1v) is 19.2. The van der Waals surface area contributed by atoms with Gasteiger partial charge < -0.3 is 46.2 Å². The Hall–Kier alpha value is -6.76. The molecule has 0 atom stereocenters. The van der Waals surface area contributed by atoms with Crippen molar-refractivity contribution in [1.29, 1.82) is 0 Å². The Morgan fingerprint density at radius 3 is 1.15 bits per heavy atom. The Kier molecular flexibility index (Phi) is 18.8. The van der Waals surface area contributed by atoms with Gasteiger partial charge in [0.05, 0.1) is 22.3 Å². The molecule has 7 N–H and O–H groups in total. The summed E-state index contributed by atoms with van der Waals surface area (Å²) >= 11 is 0. The highest BCUT2D eigenvalue weighted by atomic mass is 19.4. The van der Waals surface area contributed by atoms with Crippen LogP contribution in [0, 0.1) is 0 Å². The molecule has 2 aliphatic rings. The molecule has 16 nitrogen and oxygen atoms in total. The second kappa shape index (κ2) is 23.3. The predicted octanol–water partition coefficient (Wildman–Crippen LogP) is 7.58. The van der Waals surface area contributed by atoms with Crippen molar-refractivity contribution in [3.05, 3.63) is 66.2 Å². The molecule has 65 heavy (non-hydrogen) atoms. The maximum Gasteiger partial charge on any atom is 0.490 e. The van der Waals surface area contributed by atoms with E-state index >= 15 is 0 Å². The highest BCUT2D eigenvalue weighted by molar-refractivity contribution is 6.11. The van der Waals surface area contributed by atoms with Gasteiger partial charge in [0.2, 0.25) is 11.8 Å². The van der Waals surface area contributed by atoms with Crippen LogP contribution in [0.4, 0.5) is 62.3 Å². The van der Waals surface area contributed by atoms with Crippen LogP contribution in [0.5, 0.6) is 0 Å². The molecule has 2 saturated heterocycles. The number of pyridine rings is 1. The summed E-state index contributed by atoms with van der Waals surface area (Å²) in [5.74, 6) is -9.32. The van der Waals surface area contributed by atoms with Crippen molar-refractivity contribution in [3.8, 4) is 0 Å². The monoisotopic (exact) mass is 936 g/mol. The van der Waals surface area contributed by atoms with Gasteiger partial charge in [0, 0.05) is 53.8 Å². The molecule has 6 rings (SSSR count). The van der Waals surface area contributed by atoms with Gasteiger partial charge in [0.25, 0.3) is 0 Å². The lowest BCUT2D eigenvalue weighted by molar-refractivity contribution is -0.193. The summed E-state index contributed by atoms with van der Waals surface area (Å²) in [6.45, 7) is 5.71. The Morgan fingerprint density at radius 1 is 0.523 bits per heavy atom. The van der Waals surface area contributed by atoms with Crippen molar-refractivity contribution < 1.29 is 88.7 Å². The minimum atomic E-state index is -5.08. The molecule has 1 aromatic heterocycles. The van der Waals surface area contributed by atoms with Crippen LogP contribution >= 0.6 is 0 Å². The number of aromatic nitrogens is 1. The number of nitrogens with one attached hydrogen (secondary N) is 3. The number of aliphatic carboxylic acids is 3. The van der Waals surface area contributed by atoms with Crippen molar-refractivity contribution in [3.63, 3.8) is 0 Å². The van der Waals surface area contributed by atoms with Gasteiger partial charge >= 0.3 is 42.4 Å². The third-order valence-corrected chi connectivity index (χ3v) is 9.18. The Morgan fingerprint density at radius 2 is 0.846 bits per heavy atom. The summed E-state index contributed by atoms with van der Waals surface area (Å²) in [5, 5.41) is 41.9. The number of carbonyl (C=O) groups excluding carboxylic acids is 2. The molecule has 0 unspecified atom stereocenters. The summed E-state index contributed by atoms with van der Waals surface area (Å²) in [7, 11) is 0. The zero-order chi connectivity index (χ0) is 48.7. The van der Waals surface area contributed by atoms with E-state index in [2.05, 4.69) is 25.8 Å². The first-order chi connectivity index (χ1) is 30.2. The average molecular weight is 937 g/mol. The summed E-state index contributed by atoms with van der Waals surface area (Å²) < 4.78 is 95.2. The van der Waals surface area contributed by atoms with Crippen LogP contribution in [0.3, 0.4) is 0 Å². The van der Waals surface area contributed by atoms with Gasteiger partial charge in [0.1, 0.15) is 0 Å².